The fraction of sp³-hybridized carbons (Fsp3) is 0.421. The Hall–Kier alpha value is -2.87. The van der Waals surface area contributed by atoms with E-state index in [1.165, 1.54) is 6.20 Å². The van der Waals surface area contributed by atoms with Crippen molar-refractivity contribution in [3.8, 4) is 5.75 Å². The molecular weight excluding hydrogens is 350 g/mol. The fourth-order valence-electron chi connectivity index (χ4n) is 3.74. The summed E-state index contributed by atoms with van der Waals surface area (Å²) in [6.45, 7) is 0.660. The van der Waals surface area contributed by atoms with Gasteiger partial charge >= 0.3 is 5.69 Å². The van der Waals surface area contributed by atoms with Crippen LogP contribution in [0.4, 0.5) is 0 Å². The molecule has 1 aliphatic carbocycles. The van der Waals surface area contributed by atoms with Crippen LogP contribution in [0.25, 0.3) is 0 Å². The molecule has 4 N–H and O–H groups in total. The van der Waals surface area contributed by atoms with Crippen molar-refractivity contribution in [2.45, 2.75) is 37.8 Å². The van der Waals surface area contributed by atoms with Gasteiger partial charge < -0.3 is 20.1 Å². The zero-order valence-electron chi connectivity index (χ0n) is 14.7. The van der Waals surface area contributed by atoms with Crippen LogP contribution >= 0.6 is 0 Å². The number of rotatable bonds is 5. The van der Waals surface area contributed by atoms with Crippen LogP contribution in [0.3, 0.4) is 0 Å². The van der Waals surface area contributed by atoms with Gasteiger partial charge in [0.25, 0.3) is 5.56 Å². The third-order valence-corrected chi connectivity index (χ3v) is 5.26. The first kappa shape index (κ1) is 17.5. The van der Waals surface area contributed by atoms with Crippen LogP contribution in [0, 0.1) is 5.92 Å². The Morgan fingerprint density at radius 2 is 2.15 bits per heavy atom. The Kier molecular flexibility index (Phi) is 4.57. The topological polar surface area (TPSA) is 124 Å². The maximum Gasteiger partial charge on any atom is 0.325 e. The Bertz CT molecular complexity index is 974. The summed E-state index contributed by atoms with van der Waals surface area (Å²) in [5.41, 5.74) is 1.11. The first-order valence-electron chi connectivity index (χ1n) is 9.03. The molecule has 1 aliphatic heterocycles. The Labute approximate surface area is 154 Å². The van der Waals surface area contributed by atoms with Gasteiger partial charge in [0.2, 0.25) is 5.91 Å². The third kappa shape index (κ3) is 3.66. The molecule has 0 radical (unpaired) electrons. The highest BCUT2D eigenvalue weighted by molar-refractivity contribution is 5.79. The summed E-state index contributed by atoms with van der Waals surface area (Å²) in [5.74, 6) is 0.700. The van der Waals surface area contributed by atoms with Gasteiger partial charge in [-0.05, 0) is 42.0 Å². The van der Waals surface area contributed by atoms with Crippen molar-refractivity contribution in [3.05, 3.63) is 61.9 Å². The van der Waals surface area contributed by atoms with Crippen molar-refractivity contribution < 1.29 is 14.6 Å². The highest BCUT2D eigenvalue weighted by atomic mass is 16.5. The fourth-order valence-corrected chi connectivity index (χ4v) is 3.74. The lowest BCUT2D eigenvalue weighted by molar-refractivity contribution is -0.122. The molecule has 1 saturated carbocycles. The lowest BCUT2D eigenvalue weighted by atomic mass is 9.74. The number of amides is 1. The largest absolute Gasteiger partial charge is 0.493 e. The van der Waals surface area contributed by atoms with E-state index in [-0.39, 0.29) is 36.0 Å². The van der Waals surface area contributed by atoms with Crippen LogP contribution in [0.2, 0.25) is 0 Å². The van der Waals surface area contributed by atoms with Crippen LogP contribution in [-0.2, 0) is 17.6 Å². The minimum atomic E-state index is -0.606. The van der Waals surface area contributed by atoms with E-state index in [9.17, 15) is 19.5 Å². The number of hydrogen-bond donors (Lipinski definition) is 4. The average molecular weight is 371 g/mol. The van der Waals surface area contributed by atoms with E-state index in [0.29, 0.717) is 19.4 Å². The van der Waals surface area contributed by atoms with E-state index >= 15 is 0 Å². The molecule has 1 atom stereocenters. The quantitative estimate of drug-likeness (QED) is 0.596. The van der Waals surface area contributed by atoms with Crippen molar-refractivity contribution in [3.63, 3.8) is 0 Å². The number of carbonyl (C=O) groups excluding carboxylic acids is 1. The number of aromatic amines is 2. The van der Waals surface area contributed by atoms with Crippen molar-refractivity contribution in [1.82, 2.24) is 15.3 Å². The number of fused-ring (bicyclic) bond motifs is 1. The molecule has 8 heteroatoms. The monoisotopic (exact) mass is 371 g/mol. The van der Waals surface area contributed by atoms with Gasteiger partial charge in [0.15, 0.2) is 0 Å². The van der Waals surface area contributed by atoms with E-state index in [1.807, 2.05) is 18.2 Å². The Balaban J connectivity index is 1.53. The molecule has 0 spiro atoms. The molecule has 2 aromatic rings. The number of hydrogen-bond acceptors (Lipinski definition) is 5. The highest BCUT2D eigenvalue weighted by Gasteiger charge is 2.36. The molecule has 4 rings (SSSR count). The summed E-state index contributed by atoms with van der Waals surface area (Å²) in [5, 5.41) is 12.7. The molecule has 27 heavy (non-hydrogen) atoms. The van der Waals surface area contributed by atoms with Crippen molar-refractivity contribution in [2.24, 2.45) is 5.92 Å². The van der Waals surface area contributed by atoms with E-state index in [4.69, 9.17) is 4.74 Å². The molecule has 0 bridgehead atoms. The summed E-state index contributed by atoms with van der Waals surface area (Å²) >= 11 is 0. The van der Waals surface area contributed by atoms with Gasteiger partial charge in [0.1, 0.15) is 5.75 Å². The molecule has 0 unspecified atom stereocenters. The first-order valence-corrected chi connectivity index (χ1v) is 9.03. The minimum absolute atomic E-state index is 0.133. The number of nitrogens with one attached hydrogen (secondary N) is 3. The van der Waals surface area contributed by atoms with Gasteiger partial charge in [-0.15, -0.1) is 0 Å². The highest BCUT2D eigenvalue weighted by Crippen LogP contribution is 2.39. The Morgan fingerprint density at radius 1 is 1.33 bits per heavy atom. The summed E-state index contributed by atoms with van der Waals surface area (Å²) in [6.07, 6.45) is 2.87. The SMILES string of the molecule is O=C(Cc1c[nH]c(=O)[nH]c1=O)N[C@H](c1ccc2c(c1)CCO2)C1CC(O)C1. The molecule has 1 aromatic heterocycles. The standard InChI is InChI=1S/C19H21N3O5/c23-14-6-12(7-14)17(11-1-2-15-10(5-11)3-4-27-15)21-16(24)8-13-9-20-19(26)22-18(13)25/h1-2,5,9,12,14,17,23H,3-4,6-8H2,(H,21,24)(H2,20,22,25,26)/t12?,14?,17-/m1/s1. The van der Waals surface area contributed by atoms with Crippen LogP contribution in [0.15, 0.2) is 34.0 Å². The van der Waals surface area contributed by atoms with Crippen molar-refractivity contribution in [2.75, 3.05) is 6.61 Å². The number of aromatic nitrogens is 2. The molecule has 2 aliphatic rings. The van der Waals surface area contributed by atoms with Gasteiger partial charge in [0, 0.05) is 18.2 Å². The molecular formula is C19H21N3O5. The van der Waals surface area contributed by atoms with Crippen LogP contribution in [0.1, 0.15) is 35.6 Å². The van der Waals surface area contributed by atoms with Gasteiger partial charge in [-0.2, -0.15) is 0 Å². The summed E-state index contributed by atoms with van der Waals surface area (Å²) in [6, 6.07) is 5.66. The average Bonchev–Trinajstić information content (AvgIpc) is 3.07. The molecule has 142 valence electrons. The van der Waals surface area contributed by atoms with Gasteiger partial charge in [-0.25, -0.2) is 4.79 Å². The maximum absolute atomic E-state index is 12.5. The molecule has 8 nitrogen and oxygen atoms in total. The minimum Gasteiger partial charge on any atom is -0.493 e. The predicted molar refractivity (Wildman–Crippen MR) is 96.6 cm³/mol. The lowest BCUT2D eigenvalue weighted by Gasteiger charge is -2.38. The smallest absolute Gasteiger partial charge is 0.325 e. The third-order valence-electron chi connectivity index (χ3n) is 5.26. The predicted octanol–water partition coefficient (Wildman–Crippen LogP) is 0.169. The summed E-state index contributed by atoms with van der Waals surface area (Å²) in [4.78, 5) is 39.9. The number of aliphatic hydroxyl groups excluding tert-OH is 1. The van der Waals surface area contributed by atoms with E-state index in [0.717, 1.165) is 23.3 Å². The summed E-state index contributed by atoms with van der Waals surface area (Å²) < 4.78 is 5.54. The second-order valence-electron chi connectivity index (χ2n) is 7.17. The van der Waals surface area contributed by atoms with Crippen LogP contribution in [0.5, 0.6) is 5.75 Å². The number of benzene rings is 1. The second-order valence-corrected chi connectivity index (χ2v) is 7.17. The summed E-state index contributed by atoms with van der Waals surface area (Å²) in [7, 11) is 0. The zero-order valence-corrected chi connectivity index (χ0v) is 14.7. The number of aliphatic hydroxyl groups is 1. The van der Waals surface area contributed by atoms with Gasteiger partial charge in [-0.1, -0.05) is 6.07 Å². The van der Waals surface area contributed by atoms with Crippen molar-refractivity contribution in [1.29, 1.82) is 0 Å². The van der Waals surface area contributed by atoms with E-state index in [1.54, 1.807) is 0 Å². The maximum atomic E-state index is 12.5. The first-order chi connectivity index (χ1) is 13.0. The van der Waals surface area contributed by atoms with Crippen LogP contribution in [-0.4, -0.2) is 33.7 Å². The molecule has 1 amide bonds. The van der Waals surface area contributed by atoms with E-state index < -0.39 is 11.2 Å². The van der Waals surface area contributed by atoms with Crippen molar-refractivity contribution >= 4 is 5.91 Å². The Morgan fingerprint density at radius 3 is 2.89 bits per heavy atom. The van der Waals surface area contributed by atoms with Gasteiger partial charge in [0.05, 0.1) is 25.2 Å². The normalized spacial score (nSPS) is 21.7. The van der Waals surface area contributed by atoms with Gasteiger partial charge in [-0.3, -0.25) is 14.6 Å². The van der Waals surface area contributed by atoms with E-state index in [2.05, 4.69) is 15.3 Å². The second kappa shape index (κ2) is 7.03. The number of carbonyl (C=O) groups is 1. The molecule has 1 aromatic carbocycles. The zero-order chi connectivity index (χ0) is 19.0. The lowest BCUT2D eigenvalue weighted by Crippen LogP contribution is -2.42. The molecule has 1 fully saturated rings. The molecule has 2 heterocycles. The number of H-pyrrole nitrogens is 2. The number of ether oxygens (including phenoxy) is 1. The molecule has 0 saturated heterocycles. The van der Waals surface area contributed by atoms with Crippen LogP contribution < -0.4 is 21.3 Å².